The maximum Gasteiger partial charge on any atom is 0.416 e. The van der Waals surface area contributed by atoms with E-state index in [9.17, 15) is 23.1 Å². The Balaban J connectivity index is 2.57. The zero-order chi connectivity index (χ0) is 16.3. The third-order valence-corrected chi connectivity index (χ3v) is 3.08. The van der Waals surface area contributed by atoms with Crippen LogP contribution < -0.4 is 5.32 Å². The lowest BCUT2D eigenvalue weighted by molar-refractivity contribution is -0.137. The van der Waals surface area contributed by atoms with Crippen molar-refractivity contribution in [1.82, 2.24) is 0 Å². The third-order valence-electron chi connectivity index (χ3n) is 3.08. The zero-order valence-corrected chi connectivity index (χ0v) is 11.7. The topological polar surface area (TPSA) is 49.3 Å². The lowest BCUT2D eigenvalue weighted by atomic mass is 9.99. The fraction of sp³-hybridized carbons (Fsp3) is 0.188. The maximum atomic E-state index is 12.8. The van der Waals surface area contributed by atoms with Gasteiger partial charge in [-0.2, -0.15) is 13.2 Å². The van der Waals surface area contributed by atoms with Gasteiger partial charge in [0.15, 0.2) is 0 Å². The highest BCUT2D eigenvalue weighted by atomic mass is 19.4. The Bertz CT molecular complexity index is 696. The molecule has 0 heterocycles. The summed E-state index contributed by atoms with van der Waals surface area (Å²) in [6.45, 7) is 1.07. The van der Waals surface area contributed by atoms with Gasteiger partial charge in [0.25, 0.3) is 0 Å². The van der Waals surface area contributed by atoms with Crippen molar-refractivity contribution < 1.29 is 23.1 Å². The molecule has 0 spiro atoms. The van der Waals surface area contributed by atoms with Crippen LogP contribution in [0.1, 0.15) is 18.1 Å². The molecule has 0 radical (unpaired) electrons. The average molecular weight is 309 g/mol. The molecular formula is C16H14F3NO2. The molecule has 2 N–H and O–H groups in total. The first kappa shape index (κ1) is 16.0. The highest BCUT2D eigenvalue weighted by molar-refractivity contribution is 5.94. The number of rotatable bonds is 3. The molecule has 0 aliphatic rings. The number of benzene rings is 2. The average Bonchev–Trinajstić information content (AvgIpc) is 2.46. The van der Waals surface area contributed by atoms with E-state index in [4.69, 9.17) is 0 Å². The molecule has 0 unspecified atom stereocenters. The molecule has 1 amide bonds. The van der Waals surface area contributed by atoms with Gasteiger partial charge in [0, 0.05) is 18.2 Å². The van der Waals surface area contributed by atoms with Crippen LogP contribution in [0.5, 0.6) is 0 Å². The van der Waals surface area contributed by atoms with Crippen molar-refractivity contribution in [3.8, 4) is 11.1 Å². The number of hydrogen-bond acceptors (Lipinski definition) is 2. The lowest BCUT2D eigenvalue weighted by Gasteiger charge is -2.14. The molecule has 2 aromatic carbocycles. The minimum absolute atomic E-state index is 0.244. The van der Waals surface area contributed by atoms with E-state index in [1.165, 1.54) is 19.1 Å². The number of anilines is 1. The summed E-state index contributed by atoms with van der Waals surface area (Å²) in [5, 5.41) is 11.8. The number of halogens is 3. The summed E-state index contributed by atoms with van der Waals surface area (Å²) in [7, 11) is 0. The standard InChI is InChI=1S/C16H14F3NO2/c1-10(22)20-15-6-5-11(9-21)7-14(15)12-3-2-4-13(8-12)16(17,18)19/h2-8,21H,9H2,1H3,(H,20,22). The minimum atomic E-state index is -4.45. The number of amides is 1. The van der Waals surface area contributed by atoms with E-state index in [-0.39, 0.29) is 12.5 Å². The van der Waals surface area contributed by atoms with Gasteiger partial charge in [-0.25, -0.2) is 0 Å². The number of aliphatic hydroxyl groups is 1. The molecule has 116 valence electrons. The Labute approximate surface area is 125 Å². The number of nitrogens with one attached hydrogen (secondary N) is 1. The number of carbonyl (C=O) groups is 1. The first-order chi connectivity index (χ1) is 10.3. The SMILES string of the molecule is CC(=O)Nc1ccc(CO)cc1-c1cccc(C(F)(F)F)c1. The van der Waals surface area contributed by atoms with Gasteiger partial charge in [0.2, 0.25) is 5.91 Å². The van der Waals surface area contributed by atoms with E-state index < -0.39 is 11.7 Å². The van der Waals surface area contributed by atoms with Crippen LogP contribution in [-0.4, -0.2) is 11.0 Å². The predicted molar refractivity (Wildman–Crippen MR) is 77.1 cm³/mol. The first-order valence-corrected chi connectivity index (χ1v) is 6.50. The van der Waals surface area contributed by atoms with Crippen molar-refractivity contribution >= 4 is 11.6 Å². The quantitative estimate of drug-likeness (QED) is 0.905. The second kappa shape index (κ2) is 6.19. The lowest BCUT2D eigenvalue weighted by Crippen LogP contribution is -2.08. The molecule has 3 nitrogen and oxygen atoms in total. The largest absolute Gasteiger partial charge is 0.416 e. The Kier molecular flexibility index (Phi) is 4.51. The van der Waals surface area contributed by atoms with E-state index in [0.29, 0.717) is 22.4 Å². The van der Waals surface area contributed by atoms with Crippen LogP contribution in [0, 0.1) is 0 Å². The summed E-state index contributed by atoms with van der Waals surface area (Å²) in [4.78, 5) is 11.2. The zero-order valence-electron chi connectivity index (χ0n) is 11.7. The molecule has 0 aliphatic heterocycles. The Hall–Kier alpha value is -2.34. The minimum Gasteiger partial charge on any atom is -0.392 e. The smallest absolute Gasteiger partial charge is 0.392 e. The van der Waals surface area contributed by atoms with E-state index in [0.717, 1.165) is 12.1 Å². The monoisotopic (exact) mass is 309 g/mol. The molecule has 0 fully saturated rings. The number of alkyl halides is 3. The van der Waals surface area contributed by atoms with Gasteiger partial charge in [0.05, 0.1) is 12.2 Å². The number of hydrogen-bond donors (Lipinski definition) is 2. The number of aliphatic hydroxyl groups excluding tert-OH is 1. The fourth-order valence-electron chi connectivity index (χ4n) is 2.09. The fourth-order valence-corrected chi connectivity index (χ4v) is 2.09. The molecule has 0 saturated heterocycles. The first-order valence-electron chi connectivity index (χ1n) is 6.50. The normalized spacial score (nSPS) is 11.3. The van der Waals surface area contributed by atoms with Crippen molar-refractivity contribution in [1.29, 1.82) is 0 Å². The van der Waals surface area contributed by atoms with Gasteiger partial charge < -0.3 is 10.4 Å². The molecule has 22 heavy (non-hydrogen) atoms. The van der Waals surface area contributed by atoms with Crippen LogP contribution in [0.4, 0.5) is 18.9 Å². The highest BCUT2D eigenvalue weighted by Gasteiger charge is 2.30. The summed E-state index contributed by atoms with van der Waals surface area (Å²) >= 11 is 0. The van der Waals surface area contributed by atoms with Gasteiger partial charge in [-0.1, -0.05) is 18.2 Å². The van der Waals surface area contributed by atoms with Gasteiger partial charge >= 0.3 is 6.18 Å². The number of carbonyl (C=O) groups excluding carboxylic acids is 1. The molecule has 0 aromatic heterocycles. The van der Waals surface area contributed by atoms with Crippen LogP contribution in [0.3, 0.4) is 0 Å². The Morgan fingerprint density at radius 1 is 1.18 bits per heavy atom. The van der Waals surface area contributed by atoms with Gasteiger partial charge in [-0.3, -0.25) is 4.79 Å². The summed E-state index contributed by atoms with van der Waals surface area (Å²) in [5.74, 6) is -0.329. The van der Waals surface area contributed by atoms with Crippen molar-refractivity contribution in [2.24, 2.45) is 0 Å². The molecule has 0 bridgehead atoms. The van der Waals surface area contributed by atoms with Crippen LogP contribution in [0.15, 0.2) is 42.5 Å². The molecule has 6 heteroatoms. The summed E-state index contributed by atoms with van der Waals surface area (Å²) < 4.78 is 38.5. The van der Waals surface area contributed by atoms with Crippen LogP contribution >= 0.6 is 0 Å². The second-order valence-electron chi connectivity index (χ2n) is 4.80. The van der Waals surface area contributed by atoms with Crippen molar-refractivity contribution in [3.63, 3.8) is 0 Å². The van der Waals surface area contributed by atoms with Crippen LogP contribution in [0.2, 0.25) is 0 Å². The molecular weight excluding hydrogens is 295 g/mol. The molecule has 0 aliphatic carbocycles. The molecule has 0 saturated carbocycles. The summed E-state index contributed by atoms with van der Waals surface area (Å²) in [6, 6.07) is 9.54. The van der Waals surface area contributed by atoms with Gasteiger partial charge in [-0.05, 0) is 35.4 Å². The van der Waals surface area contributed by atoms with Crippen molar-refractivity contribution in [2.45, 2.75) is 19.7 Å². The van der Waals surface area contributed by atoms with E-state index in [1.807, 2.05) is 0 Å². The molecule has 0 atom stereocenters. The third kappa shape index (κ3) is 3.65. The van der Waals surface area contributed by atoms with E-state index >= 15 is 0 Å². The van der Waals surface area contributed by atoms with E-state index in [2.05, 4.69) is 5.32 Å². The van der Waals surface area contributed by atoms with Crippen molar-refractivity contribution in [3.05, 3.63) is 53.6 Å². The highest BCUT2D eigenvalue weighted by Crippen LogP contribution is 2.35. The van der Waals surface area contributed by atoms with Crippen LogP contribution in [-0.2, 0) is 17.6 Å². The summed E-state index contributed by atoms with van der Waals surface area (Å²) in [6.07, 6.45) is -4.45. The predicted octanol–water partition coefficient (Wildman–Crippen LogP) is 3.82. The van der Waals surface area contributed by atoms with Crippen LogP contribution in [0.25, 0.3) is 11.1 Å². The molecule has 2 aromatic rings. The summed E-state index contributed by atoms with van der Waals surface area (Å²) in [5.41, 5.74) is 0.903. The van der Waals surface area contributed by atoms with Gasteiger partial charge in [-0.15, -0.1) is 0 Å². The van der Waals surface area contributed by atoms with Gasteiger partial charge in [0.1, 0.15) is 0 Å². The molecule has 2 rings (SSSR count). The Morgan fingerprint density at radius 3 is 2.50 bits per heavy atom. The maximum absolute atomic E-state index is 12.8. The Morgan fingerprint density at radius 2 is 1.91 bits per heavy atom. The van der Waals surface area contributed by atoms with Crippen molar-refractivity contribution in [2.75, 3.05) is 5.32 Å². The van der Waals surface area contributed by atoms with E-state index in [1.54, 1.807) is 18.2 Å². The second-order valence-corrected chi connectivity index (χ2v) is 4.80.